The minimum Gasteiger partial charge on any atom is -0.380 e. The molecule has 112 valence electrons. The van der Waals surface area contributed by atoms with Gasteiger partial charge in [0, 0.05) is 26.7 Å². The molecule has 20 heavy (non-hydrogen) atoms. The van der Waals surface area contributed by atoms with Crippen molar-refractivity contribution in [3.63, 3.8) is 0 Å². The van der Waals surface area contributed by atoms with Crippen LogP contribution in [0.4, 0.5) is 4.79 Å². The molecule has 2 aliphatic rings. The molecule has 4 amide bonds. The fraction of sp³-hybridized carbons (Fsp3) is 0.750. The first kappa shape index (κ1) is 14.7. The van der Waals surface area contributed by atoms with E-state index in [-0.39, 0.29) is 24.3 Å². The summed E-state index contributed by atoms with van der Waals surface area (Å²) in [6, 6.07) is -0.461. The summed E-state index contributed by atoms with van der Waals surface area (Å²) in [6.45, 7) is 1.17. The highest BCUT2D eigenvalue weighted by atomic mass is 16.5. The average molecular weight is 284 g/mol. The smallest absolute Gasteiger partial charge is 0.322 e. The van der Waals surface area contributed by atoms with E-state index in [0.29, 0.717) is 32.5 Å². The van der Waals surface area contributed by atoms with Gasteiger partial charge >= 0.3 is 6.03 Å². The molecule has 0 aliphatic carbocycles. The van der Waals surface area contributed by atoms with E-state index < -0.39 is 11.6 Å². The van der Waals surface area contributed by atoms with E-state index in [4.69, 9.17) is 10.5 Å². The molecule has 0 aromatic heterocycles. The van der Waals surface area contributed by atoms with E-state index in [2.05, 4.69) is 10.6 Å². The molecule has 1 spiro atoms. The lowest BCUT2D eigenvalue weighted by molar-refractivity contribution is -0.137. The Balaban J connectivity index is 1.89. The van der Waals surface area contributed by atoms with Crippen molar-refractivity contribution in [3.8, 4) is 0 Å². The van der Waals surface area contributed by atoms with Crippen LogP contribution in [0.2, 0.25) is 0 Å². The molecule has 0 aromatic carbocycles. The molecule has 8 heteroatoms. The van der Waals surface area contributed by atoms with E-state index in [0.717, 1.165) is 0 Å². The molecule has 0 aromatic rings. The zero-order valence-electron chi connectivity index (χ0n) is 11.5. The lowest BCUT2D eigenvalue weighted by Gasteiger charge is -2.37. The summed E-state index contributed by atoms with van der Waals surface area (Å²) in [7, 11) is 1.52. The van der Waals surface area contributed by atoms with Crippen LogP contribution in [0.15, 0.2) is 0 Å². The van der Waals surface area contributed by atoms with Gasteiger partial charge in [-0.05, 0) is 12.8 Å². The summed E-state index contributed by atoms with van der Waals surface area (Å²) >= 11 is 0. The Morgan fingerprint density at radius 3 is 2.55 bits per heavy atom. The first-order valence-electron chi connectivity index (χ1n) is 6.65. The second-order valence-electron chi connectivity index (χ2n) is 5.17. The van der Waals surface area contributed by atoms with Gasteiger partial charge in [-0.15, -0.1) is 0 Å². The predicted molar refractivity (Wildman–Crippen MR) is 69.7 cm³/mol. The van der Waals surface area contributed by atoms with Crippen molar-refractivity contribution in [3.05, 3.63) is 0 Å². The van der Waals surface area contributed by atoms with Crippen LogP contribution in [-0.4, -0.2) is 61.1 Å². The second-order valence-corrected chi connectivity index (χ2v) is 5.17. The summed E-state index contributed by atoms with van der Waals surface area (Å²) in [4.78, 5) is 36.7. The maximum absolute atomic E-state index is 12.1. The maximum Gasteiger partial charge on any atom is 0.322 e. The molecule has 1 unspecified atom stereocenters. The first-order chi connectivity index (χ1) is 9.50. The van der Waals surface area contributed by atoms with Crippen LogP contribution in [0.1, 0.15) is 19.3 Å². The van der Waals surface area contributed by atoms with Crippen molar-refractivity contribution in [2.75, 3.05) is 26.7 Å². The van der Waals surface area contributed by atoms with Crippen LogP contribution in [0.25, 0.3) is 0 Å². The van der Waals surface area contributed by atoms with E-state index in [1.54, 1.807) is 4.90 Å². The molecule has 0 bridgehead atoms. The Morgan fingerprint density at radius 2 is 2.10 bits per heavy atom. The van der Waals surface area contributed by atoms with Crippen LogP contribution in [-0.2, 0) is 14.3 Å². The largest absolute Gasteiger partial charge is 0.380 e. The molecule has 2 aliphatic heterocycles. The predicted octanol–water partition coefficient (Wildman–Crippen LogP) is -1.45. The van der Waals surface area contributed by atoms with Gasteiger partial charge in [0.15, 0.2) is 0 Å². The Kier molecular flexibility index (Phi) is 4.24. The highest BCUT2D eigenvalue weighted by Gasteiger charge is 2.48. The molecule has 4 N–H and O–H groups in total. The number of amides is 4. The third-order valence-corrected chi connectivity index (χ3v) is 3.98. The minimum absolute atomic E-state index is 0.0399. The van der Waals surface area contributed by atoms with Crippen LogP contribution in [0, 0.1) is 0 Å². The number of hydrogen-bond donors (Lipinski definition) is 3. The molecule has 2 heterocycles. The number of ether oxygens (including phenoxy) is 1. The Labute approximate surface area is 117 Å². The highest BCUT2D eigenvalue weighted by molar-refractivity contribution is 6.07. The van der Waals surface area contributed by atoms with Crippen molar-refractivity contribution in [1.29, 1.82) is 0 Å². The molecule has 8 nitrogen and oxygen atoms in total. The van der Waals surface area contributed by atoms with Gasteiger partial charge in [0.2, 0.25) is 5.91 Å². The molecular formula is C12H20N4O4. The number of nitrogens with zero attached hydrogens (tertiary/aromatic N) is 1. The first-order valence-corrected chi connectivity index (χ1v) is 6.65. The number of carbonyl (C=O) groups is 3. The third-order valence-electron chi connectivity index (χ3n) is 3.98. The Hall–Kier alpha value is -1.67. The minimum atomic E-state index is -0.845. The van der Waals surface area contributed by atoms with Gasteiger partial charge in [0.05, 0.1) is 12.5 Å². The number of likely N-dealkylation sites (tertiary alicyclic amines) is 1. The van der Waals surface area contributed by atoms with Crippen molar-refractivity contribution in [1.82, 2.24) is 15.5 Å². The summed E-state index contributed by atoms with van der Waals surface area (Å²) < 4.78 is 5.09. The van der Waals surface area contributed by atoms with Crippen LogP contribution in [0.3, 0.4) is 0 Å². The van der Waals surface area contributed by atoms with E-state index in [1.165, 1.54) is 7.11 Å². The van der Waals surface area contributed by atoms with Crippen LogP contribution in [0.5, 0.6) is 0 Å². The van der Waals surface area contributed by atoms with E-state index in [1.807, 2.05) is 0 Å². The molecule has 1 atom stereocenters. The third kappa shape index (κ3) is 2.75. The van der Waals surface area contributed by atoms with Gasteiger partial charge in [-0.2, -0.15) is 0 Å². The van der Waals surface area contributed by atoms with Crippen molar-refractivity contribution in [2.45, 2.75) is 30.9 Å². The molecular weight excluding hydrogens is 264 g/mol. The van der Waals surface area contributed by atoms with Gasteiger partial charge in [-0.1, -0.05) is 0 Å². The summed E-state index contributed by atoms with van der Waals surface area (Å²) in [6.07, 6.45) is 0.805. The molecule has 2 rings (SSSR count). The molecule has 0 saturated carbocycles. The average Bonchev–Trinajstić information content (AvgIpc) is 2.71. The van der Waals surface area contributed by atoms with Crippen molar-refractivity contribution in [2.24, 2.45) is 5.73 Å². The lowest BCUT2D eigenvalue weighted by Crippen LogP contribution is -2.56. The van der Waals surface area contributed by atoms with Gasteiger partial charge in [0.25, 0.3) is 5.91 Å². The summed E-state index contributed by atoms with van der Waals surface area (Å²) in [5.74, 6) is -0.340. The number of carbonyl (C=O) groups excluding carboxylic acids is 3. The zero-order valence-corrected chi connectivity index (χ0v) is 11.5. The SMILES string of the molecule is COC(CN)CC(=O)N1CCC2(CC1)NC(=O)NC2=O. The van der Waals surface area contributed by atoms with Gasteiger partial charge in [-0.25, -0.2) is 4.79 Å². The highest BCUT2D eigenvalue weighted by Crippen LogP contribution is 2.25. The molecule has 2 fully saturated rings. The number of rotatable bonds is 4. The van der Waals surface area contributed by atoms with Crippen LogP contribution >= 0.6 is 0 Å². The van der Waals surface area contributed by atoms with Crippen molar-refractivity contribution >= 4 is 17.8 Å². The number of imide groups is 1. The van der Waals surface area contributed by atoms with Gasteiger partial charge in [0.1, 0.15) is 5.54 Å². The second kappa shape index (κ2) is 5.76. The van der Waals surface area contributed by atoms with Gasteiger partial charge < -0.3 is 20.7 Å². The summed E-state index contributed by atoms with van der Waals surface area (Å²) in [5.41, 5.74) is 4.65. The number of hydrogen-bond acceptors (Lipinski definition) is 5. The van der Waals surface area contributed by atoms with Crippen molar-refractivity contribution < 1.29 is 19.1 Å². The van der Waals surface area contributed by atoms with Gasteiger partial charge in [-0.3, -0.25) is 14.9 Å². The molecule has 0 radical (unpaired) electrons. The topological polar surface area (TPSA) is 114 Å². The lowest BCUT2D eigenvalue weighted by atomic mass is 9.87. The fourth-order valence-corrected chi connectivity index (χ4v) is 2.60. The normalized spacial score (nSPS) is 22.6. The maximum atomic E-state index is 12.1. The van der Waals surface area contributed by atoms with E-state index in [9.17, 15) is 14.4 Å². The summed E-state index contributed by atoms with van der Waals surface area (Å²) in [5, 5.41) is 4.90. The number of methoxy groups -OCH3 is 1. The quantitative estimate of drug-likeness (QED) is 0.547. The Morgan fingerprint density at radius 1 is 1.45 bits per heavy atom. The molecule has 2 saturated heterocycles. The zero-order chi connectivity index (χ0) is 14.8. The number of nitrogens with one attached hydrogen (secondary N) is 2. The standard InChI is InChI=1S/C12H20N4O4/c1-20-8(7-13)6-9(17)16-4-2-12(3-5-16)10(18)14-11(19)15-12/h8H,2-7,13H2,1H3,(H2,14,15,18,19). The van der Waals surface area contributed by atoms with Crippen LogP contribution < -0.4 is 16.4 Å². The monoisotopic (exact) mass is 284 g/mol. The number of piperidine rings is 1. The van der Waals surface area contributed by atoms with E-state index >= 15 is 0 Å². The number of urea groups is 1. The number of nitrogens with two attached hydrogens (primary N) is 1. The fourth-order valence-electron chi connectivity index (χ4n) is 2.60. The Bertz CT molecular complexity index is 414.